The summed E-state index contributed by atoms with van der Waals surface area (Å²) in [6.07, 6.45) is 8.65. The Morgan fingerprint density at radius 1 is 1.18 bits per heavy atom. The molecule has 0 saturated heterocycles. The molecular formula is C10H18O. The van der Waals surface area contributed by atoms with Crippen LogP contribution in [-0.2, 0) is 4.79 Å². The van der Waals surface area contributed by atoms with Crippen molar-refractivity contribution in [1.82, 2.24) is 0 Å². The van der Waals surface area contributed by atoms with Crippen molar-refractivity contribution in [2.45, 2.75) is 46.0 Å². The van der Waals surface area contributed by atoms with E-state index in [0.29, 0.717) is 5.78 Å². The Kier molecular flexibility index (Phi) is 7.11. The molecule has 0 rings (SSSR count). The summed E-state index contributed by atoms with van der Waals surface area (Å²) in [6, 6.07) is 0. The van der Waals surface area contributed by atoms with Gasteiger partial charge in [-0.3, -0.25) is 4.79 Å². The minimum Gasteiger partial charge on any atom is -0.300 e. The molecule has 0 spiro atoms. The van der Waals surface area contributed by atoms with Gasteiger partial charge in [-0.1, -0.05) is 26.0 Å². The molecule has 0 radical (unpaired) electrons. The summed E-state index contributed by atoms with van der Waals surface area (Å²) in [5.41, 5.74) is 0. The summed E-state index contributed by atoms with van der Waals surface area (Å²) in [4.78, 5) is 11.0. The van der Waals surface area contributed by atoms with Crippen LogP contribution < -0.4 is 0 Å². The smallest absolute Gasteiger partial charge is 0.133 e. The van der Waals surface area contributed by atoms with Crippen LogP contribution in [0.3, 0.4) is 0 Å². The maximum atomic E-state index is 11.0. The van der Waals surface area contributed by atoms with Crippen molar-refractivity contribution in [2.24, 2.45) is 0 Å². The minimum absolute atomic E-state index is 0.397. The lowest BCUT2D eigenvalue weighted by atomic mass is 10.1. The number of carbonyl (C=O) groups is 1. The van der Waals surface area contributed by atoms with Gasteiger partial charge in [0.25, 0.3) is 0 Å². The van der Waals surface area contributed by atoms with Gasteiger partial charge in [-0.05, 0) is 19.3 Å². The first-order chi connectivity index (χ1) is 5.31. The number of carbonyl (C=O) groups excluding carboxylic acids is 1. The van der Waals surface area contributed by atoms with Crippen molar-refractivity contribution >= 4 is 5.78 Å². The van der Waals surface area contributed by atoms with Gasteiger partial charge in [-0.2, -0.15) is 0 Å². The van der Waals surface area contributed by atoms with E-state index in [-0.39, 0.29) is 0 Å². The molecule has 0 amide bonds. The second-order valence-corrected chi connectivity index (χ2v) is 2.71. The maximum Gasteiger partial charge on any atom is 0.133 e. The van der Waals surface area contributed by atoms with Crippen molar-refractivity contribution in [3.63, 3.8) is 0 Å². The zero-order chi connectivity index (χ0) is 8.53. The quantitative estimate of drug-likeness (QED) is 0.537. The molecule has 0 heterocycles. The summed E-state index contributed by atoms with van der Waals surface area (Å²) in [7, 11) is 0. The van der Waals surface area contributed by atoms with E-state index in [1.54, 1.807) is 0 Å². The van der Waals surface area contributed by atoms with Crippen LogP contribution in [-0.4, -0.2) is 5.78 Å². The maximum absolute atomic E-state index is 11.0. The van der Waals surface area contributed by atoms with Crippen molar-refractivity contribution in [2.75, 3.05) is 0 Å². The van der Waals surface area contributed by atoms with Gasteiger partial charge in [0.2, 0.25) is 0 Å². The molecule has 0 aliphatic carbocycles. The highest BCUT2D eigenvalue weighted by Crippen LogP contribution is 1.99. The van der Waals surface area contributed by atoms with Gasteiger partial charge in [-0.25, -0.2) is 0 Å². The van der Waals surface area contributed by atoms with Gasteiger partial charge < -0.3 is 0 Å². The van der Waals surface area contributed by atoms with E-state index in [0.717, 1.165) is 32.1 Å². The minimum atomic E-state index is 0.397. The number of ketones is 1. The predicted octanol–water partition coefficient (Wildman–Crippen LogP) is 3.10. The Morgan fingerprint density at radius 2 is 1.91 bits per heavy atom. The summed E-state index contributed by atoms with van der Waals surface area (Å²) >= 11 is 0. The highest BCUT2D eigenvalue weighted by molar-refractivity contribution is 5.78. The summed E-state index contributed by atoms with van der Waals surface area (Å²) in [5, 5.41) is 0. The molecule has 64 valence electrons. The average molecular weight is 154 g/mol. The second kappa shape index (κ2) is 7.52. The first kappa shape index (κ1) is 10.4. The molecule has 0 saturated carbocycles. The zero-order valence-corrected chi connectivity index (χ0v) is 7.60. The van der Waals surface area contributed by atoms with Crippen molar-refractivity contribution in [3.05, 3.63) is 12.2 Å². The van der Waals surface area contributed by atoms with Crippen LogP contribution in [0.5, 0.6) is 0 Å². The average Bonchev–Trinajstić information content (AvgIpc) is 1.99. The molecule has 0 aromatic carbocycles. The number of hydrogen-bond donors (Lipinski definition) is 0. The third-order valence-electron chi connectivity index (χ3n) is 1.52. The Morgan fingerprint density at radius 3 is 2.45 bits per heavy atom. The van der Waals surface area contributed by atoms with E-state index in [4.69, 9.17) is 0 Å². The molecule has 1 heteroatoms. The lowest BCUT2D eigenvalue weighted by Gasteiger charge is -1.93. The molecule has 0 unspecified atom stereocenters. The summed E-state index contributed by atoms with van der Waals surface area (Å²) in [5.74, 6) is 0.397. The number of hydrogen-bond acceptors (Lipinski definition) is 1. The lowest BCUT2D eigenvalue weighted by molar-refractivity contribution is -0.119. The second-order valence-electron chi connectivity index (χ2n) is 2.71. The fourth-order valence-electron chi connectivity index (χ4n) is 0.933. The molecule has 0 aromatic rings. The predicted molar refractivity (Wildman–Crippen MR) is 48.6 cm³/mol. The first-order valence-electron chi connectivity index (χ1n) is 4.48. The monoisotopic (exact) mass is 154 g/mol. The van der Waals surface area contributed by atoms with Gasteiger partial charge in [0.1, 0.15) is 5.78 Å². The fraction of sp³-hybridized carbons (Fsp3) is 0.700. The third kappa shape index (κ3) is 7.31. The van der Waals surface area contributed by atoms with Crippen LogP contribution in [0.25, 0.3) is 0 Å². The Labute approximate surface area is 69.5 Å². The van der Waals surface area contributed by atoms with Crippen LogP contribution in [0.15, 0.2) is 12.2 Å². The normalized spacial score (nSPS) is 10.7. The van der Waals surface area contributed by atoms with Crippen LogP contribution in [0.2, 0.25) is 0 Å². The van der Waals surface area contributed by atoms with Crippen LogP contribution in [0.4, 0.5) is 0 Å². The van der Waals surface area contributed by atoms with Crippen LogP contribution >= 0.6 is 0 Å². The molecule has 0 N–H and O–H groups in total. The SMILES string of the molecule is CCC=CCCC(=O)CCC. The lowest BCUT2D eigenvalue weighted by Crippen LogP contribution is -1.94. The van der Waals surface area contributed by atoms with Gasteiger partial charge >= 0.3 is 0 Å². The molecular weight excluding hydrogens is 136 g/mol. The molecule has 0 aliphatic heterocycles. The van der Waals surface area contributed by atoms with Gasteiger partial charge in [0, 0.05) is 12.8 Å². The van der Waals surface area contributed by atoms with Crippen LogP contribution in [0.1, 0.15) is 46.0 Å². The molecule has 0 aliphatic rings. The Bertz CT molecular complexity index is 125. The first-order valence-corrected chi connectivity index (χ1v) is 4.48. The molecule has 11 heavy (non-hydrogen) atoms. The third-order valence-corrected chi connectivity index (χ3v) is 1.52. The number of rotatable bonds is 6. The fourth-order valence-corrected chi connectivity index (χ4v) is 0.933. The molecule has 0 aromatic heterocycles. The van der Waals surface area contributed by atoms with E-state index in [1.807, 2.05) is 6.92 Å². The molecule has 1 nitrogen and oxygen atoms in total. The molecule has 0 atom stereocenters. The van der Waals surface area contributed by atoms with Crippen molar-refractivity contribution < 1.29 is 4.79 Å². The van der Waals surface area contributed by atoms with Gasteiger partial charge in [-0.15, -0.1) is 0 Å². The Hall–Kier alpha value is -0.590. The van der Waals surface area contributed by atoms with Crippen molar-refractivity contribution in [3.8, 4) is 0 Å². The number of allylic oxidation sites excluding steroid dienone is 2. The standard InChI is InChI=1S/C10H18O/c1-3-5-6-7-9-10(11)8-4-2/h5-6H,3-4,7-9H2,1-2H3. The van der Waals surface area contributed by atoms with Gasteiger partial charge in [0.05, 0.1) is 0 Å². The largest absolute Gasteiger partial charge is 0.300 e. The molecule has 0 fully saturated rings. The number of Topliss-reactive ketones (excluding diaryl/α,β-unsaturated/α-hetero) is 1. The van der Waals surface area contributed by atoms with E-state index in [9.17, 15) is 4.79 Å². The van der Waals surface area contributed by atoms with E-state index >= 15 is 0 Å². The van der Waals surface area contributed by atoms with E-state index in [2.05, 4.69) is 19.1 Å². The van der Waals surface area contributed by atoms with Gasteiger partial charge in [0.15, 0.2) is 0 Å². The zero-order valence-electron chi connectivity index (χ0n) is 7.60. The highest BCUT2D eigenvalue weighted by Gasteiger charge is 1.96. The molecule has 0 bridgehead atoms. The summed E-state index contributed by atoms with van der Waals surface area (Å²) < 4.78 is 0. The topological polar surface area (TPSA) is 17.1 Å². The Balaban J connectivity index is 3.24. The summed E-state index contributed by atoms with van der Waals surface area (Å²) in [6.45, 7) is 4.14. The van der Waals surface area contributed by atoms with E-state index in [1.165, 1.54) is 0 Å². The highest BCUT2D eigenvalue weighted by atomic mass is 16.1. The van der Waals surface area contributed by atoms with Crippen LogP contribution in [0, 0.1) is 0 Å². The van der Waals surface area contributed by atoms with E-state index < -0.39 is 0 Å². The van der Waals surface area contributed by atoms with Crippen molar-refractivity contribution in [1.29, 1.82) is 0 Å².